The Kier molecular flexibility index (Phi) is 8.18. The number of likely N-dealkylation sites (tertiary alicyclic amines) is 2. The fourth-order valence-electron chi connectivity index (χ4n) is 7.96. The van der Waals surface area contributed by atoms with E-state index < -0.39 is 29.6 Å². The van der Waals surface area contributed by atoms with E-state index in [0.29, 0.717) is 29.1 Å². The maximum Gasteiger partial charge on any atom is 0.246 e. The summed E-state index contributed by atoms with van der Waals surface area (Å²) in [5.74, 6) is -1.14. The lowest BCUT2D eigenvalue weighted by Gasteiger charge is -2.38. The molecule has 4 fully saturated rings. The van der Waals surface area contributed by atoms with Crippen LogP contribution in [0.2, 0.25) is 5.02 Å². The van der Waals surface area contributed by atoms with Crippen molar-refractivity contribution in [3.05, 3.63) is 41.4 Å². The van der Waals surface area contributed by atoms with Crippen molar-refractivity contribution in [1.82, 2.24) is 15.1 Å². The van der Waals surface area contributed by atoms with Gasteiger partial charge in [0.2, 0.25) is 17.7 Å². The Balaban J connectivity index is 1.24. The summed E-state index contributed by atoms with van der Waals surface area (Å²) in [6.07, 6.45) is 10.9. The number of hydrogen-bond donors (Lipinski definition) is 2. The van der Waals surface area contributed by atoms with E-state index >= 15 is 0 Å². The lowest BCUT2D eigenvalue weighted by atomic mass is 9.73. The van der Waals surface area contributed by atoms with Gasteiger partial charge in [-0.2, -0.15) is 0 Å². The first-order valence-electron chi connectivity index (χ1n) is 15.6. The van der Waals surface area contributed by atoms with Gasteiger partial charge in [-0.25, -0.2) is 0 Å². The highest BCUT2D eigenvalue weighted by atomic mass is 35.5. The fraction of sp³-hybridized carbons (Fsp3) is 0.656. The maximum absolute atomic E-state index is 14.2. The highest BCUT2D eigenvalue weighted by Crippen LogP contribution is 2.55. The van der Waals surface area contributed by atoms with Crippen molar-refractivity contribution in [3.8, 4) is 0 Å². The SMILES string of the molecule is CC1CCCC(NC(=O)C2N(CCCN3CCCCC3)C(=O)C3C(C(=O)Nc4ccc(Cl)cc4)C4C=CC32O4)C1C. The molecule has 4 aliphatic heterocycles. The molecule has 0 aromatic heterocycles. The molecule has 1 aromatic carbocycles. The van der Waals surface area contributed by atoms with E-state index in [2.05, 4.69) is 29.4 Å². The Hall–Kier alpha value is -2.42. The second-order valence-electron chi connectivity index (χ2n) is 12.9. The fourth-order valence-corrected chi connectivity index (χ4v) is 8.09. The molecule has 41 heavy (non-hydrogen) atoms. The van der Waals surface area contributed by atoms with Crippen LogP contribution in [-0.4, -0.2) is 77.5 Å². The molecule has 2 N–H and O–H groups in total. The molecule has 1 spiro atoms. The van der Waals surface area contributed by atoms with Crippen LogP contribution in [-0.2, 0) is 19.1 Å². The van der Waals surface area contributed by atoms with E-state index in [4.69, 9.17) is 16.3 Å². The van der Waals surface area contributed by atoms with Crippen LogP contribution in [0.15, 0.2) is 36.4 Å². The summed E-state index contributed by atoms with van der Waals surface area (Å²) in [7, 11) is 0. The van der Waals surface area contributed by atoms with Crippen LogP contribution < -0.4 is 10.6 Å². The number of fused-ring (bicyclic) bond motifs is 1. The summed E-state index contributed by atoms with van der Waals surface area (Å²) in [4.78, 5) is 46.2. The first kappa shape index (κ1) is 28.7. The summed E-state index contributed by atoms with van der Waals surface area (Å²) in [6.45, 7) is 7.99. The summed E-state index contributed by atoms with van der Waals surface area (Å²) in [5, 5.41) is 6.88. The summed E-state index contributed by atoms with van der Waals surface area (Å²) in [6, 6.07) is 6.19. The lowest BCUT2D eigenvalue weighted by molar-refractivity contribution is -0.141. The number of nitrogens with one attached hydrogen (secondary N) is 2. The molecule has 8 atom stereocenters. The molecule has 8 nitrogen and oxygen atoms in total. The van der Waals surface area contributed by atoms with Crippen LogP contribution in [0.3, 0.4) is 0 Å². The van der Waals surface area contributed by atoms with E-state index in [1.165, 1.54) is 25.7 Å². The van der Waals surface area contributed by atoms with Gasteiger partial charge in [0.25, 0.3) is 0 Å². The van der Waals surface area contributed by atoms with Gasteiger partial charge in [-0.05, 0) is 81.4 Å². The van der Waals surface area contributed by atoms with Crippen molar-refractivity contribution in [1.29, 1.82) is 0 Å². The minimum Gasteiger partial charge on any atom is -0.359 e. The first-order valence-corrected chi connectivity index (χ1v) is 15.9. The molecule has 6 rings (SSSR count). The third-order valence-electron chi connectivity index (χ3n) is 10.4. The van der Waals surface area contributed by atoms with Gasteiger partial charge in [0.1, 0.15) is 11.6 Å². The van der Waals surface area contributed by atoms with E-state index in [9.17, 15) is 14.4 Å². The average Bonchev–Trinajstić information content (AvgIpc) is 3.60. The van der Waals surface area contributed by atoms with Crippen LogP contribution in [0.1, 0.15) is 58.8 Å². The molecule has 0 radical (unpaired) electrons. The van der Waals surface area contributed by atoms with Crippen LogP contribution >= 0.6 is 11.6 Å². The van der Waals surface area contributed by atoms with Gasteiger partial charge in [-0.3, -0.25) is 14.4 Å². The van der Waals surface area contributed by atoms with Gasteiger partial charge in [0.15, 0.2) is 0 Å². The topological polar surface area (TPSA) is 91.0 Å². The molecule has 9 heteroatoms. The maximum atomic E-state index is 14.2. The number of halogens is 1. The highest BCUT2D eigenvalue weighted by molar-refractivity contribution is 6.30. The number of piperidine rings is 1. The standard InChI is InChI=1S/C32H43ClN4O4/c1-20-8-6-9-24(21(20)2)35-30(39)28-32-15-14-25(41-32)26(29(38)34-23-12-10-22(33)11-13-23)27(32)31(40)37(28)19-7-18-36-16-4-3-5-17-36/h10-15,20-21,24-28H,3-9,16-19H2,1-2H3,(H,34,38)(H,35,39). The molecule has 222 valence electrons. The zero-order valence-corrected chi connectivity index (χ0v) is 24.9. The van der Waals surface area contributed by atoms with Crippen LogP contribution in [0.25, 0.3) is 0 Å². The van der Waals surface area contributed by atoms with Gasteiger partial charge in [0, 0.05) is 23.3 Å². The Labute approximate surface area is 248 Å². The summed E-state index contributed by atoms with van der Waals surface area (Å²) < 4.78 is 6.52. The number of rotatable bonds is 8. The summed E-state index contributed by atoms with van der Waals surface area (Å²) >= 11 is 6.02. The normalized spacial score (nSPS) is 36.4. The number of hydrogen-bond acceptors (Lipinski definition) is 5. The number of anilines is 1. The van der Waals surface area contributed by atoms with E-state index in [1.807, 2.05) is 12.2 Å². The van der Waals surface area contributed by atoms with Crippen molar-refractivity contribution in [2.45, 2.75) is 82.6 Å². The smallest absolute Gasteiger partial charge is 0.246 e. The predicted octanol–water partition coefficient (Wildman–Crippen LogP) is 4.25. The Morgan fingerprint density at radius 3 is 2.54 bits per heavy atom. The average molecular weight is 583 g/mol. The number of carbonyl (C=O) groups excluding carboxylic acids is 3. The number of nitrogens with zero attached hydrogens (tertiary/aromatic N) is 2. The molecule has 2 bridgehead atoms. The molecule has 5 aliphatic rings. The van der Waals surface area contributed by atoms with Crippen LogP contribution in [0.4, 0.5) is 5.69 Å². The van der Waals surface area contributed by atoms with Crippen LogP contribution in [0.5, 0.6) is 0 Å². The lowest BCUT2D eigenvalue weighted by Crippen LogP contribution is -2.58. The number of carbonyl (C=O) groups is 3. The minimum absolute atomic E-state index is 0.0681. The molecular weight excluding hydrogens is 540 g/mol. The molecule has 4 heterocycles. The first-order chi connectivity index (χ1) is 19.8. The molecule has 3 amide bonds. The Morgan fingerprint density at radius 1 is 1.02 bits per heavy atom. The van der Waals surface area contributed by atoms with Crippen molar-refractivity contribution >= 4 is 35.0 Å². The van der Waals surface area contributed by atoms with Gasteiger partial charge in [0.05, 0.1) is 17.9 Å². The summed E-state index contributed by atoms with van der Waals surface area (Å²) in [5.41, 5.74) is -0.526. The molecular formula is C32H43ClN4O4. The third kappa shape index (κ3) is 5.32. The Bertz CT molecular complexity index is 1180. The second kappa shape index (κ2) is 11.7. The largest absolute Gasteiger partial charge is 0.359 e. The molecule has 8 unspecified atom stereocenters. The van der Waals surface area contributed by atoms with E-state index in [0.717, 1.165) is 38.9 Å². The predicted molar refractivity (Wildman–Crippen MR) is 158 cm³/mol. The Morgan fingerprint density at radius 2 is 1.78 bits per heavy atom. The number of ether oxygens (including phenoxy) is 1. The van der Waals surface area contributed by atoms with Gasteiger partial charge in [-0.1, -0.05) is 56.9 Å². The molecule has 1 saturated carbocycles. The second-order valence-corrected chi connectivity index (χ2v) is 13.3. The minimum atomic E-state index is -1.14. The zero-order chi connectivity index (χ0) is 28.7. The number of benzene rings is 1. The number of amides is 3. The van der Waals surface area contributed by atoms with Gasteiger partial charge < -0.3 is 25.2 Å². The van der Waals surface area contributed by atoms with Crippen molar-refractivity contribution in [2.75, 3.05) is 31.5 Å². The molecule has 1 aromatic rings. The third-order valence-corrected chi connectivity index (χ3v) is 10.6. The van der Waals surface area contributed by atoms with E-state index in [-0.39, 0.29) is 23.8 Å². The van der Waals surface area contributed by atoms with Gasteiger partial charge in [-0.15, -0.1) is 0 Å². The monoisotopic (exact) mass is 582 g/mol. The quantitative estimate of drug-likeness (QED) is 0.447. The van der Waals surface area contributed by atoms with E-state index in [1.54, 1.807) is 29.2 Å². The molecule has 3 saturated heterocycles. The van der Waals surface area contributed by atoms with Crippen molar-refractivity contribution < 1.29 is 19.1 Å². The highest BCUT2D eigenvalue weighted by Gasteiger charge is 2.72. The molecule has 1 aliphatic carbocycles. The van der Waals surface area contributed by atoms with Crippen molar-refractivity contribution in [2.24, 2.45) is 23.7 Å². The van der Waals surface area contributed by atoms with Crippen LogP contribution in [0, 0.1) is 23.7 Å². The van der Waals surface area contributed by atoms with Gasteiger partial charge >= 0.3 is 0 Å². The zero-order valence-electron chi connectivity index (χ0n) is 24.2. The van der Waals surface area contributed by atoms with Crippen molar-refractivity contribution in [3.63, 3.8) is 0 Å².